The average Bonchev–Trinajstić information content (AvgIpc) is 2.50. The molecule has 0 spiro atoms. The number of alkyl halides is 1. The van der Waals surface area contributed by atoms with E-state index in [4.69, 9.17) is 11.6 Å². The first-order valence-electron chi connectivity index (χ1n) is 4.57. The summed E-state index contributed by atoms with van der Waals surface area (Å²) in [5.74, 6) is 1.25. The first-order valence-corrected chi connectivity index (χ1v) is 5.01. The number of hydrogen-bond acceptors (Lipinski definition) is 2. The van der Waals surface area contributed by atoms with Gasteiger partial charge in [-0.2, -0.15) is 5.10 Å². The summed E-state index contributed by atoms with van der Waals surface area (Å²) in [6.45, 7) is 8.30. The lowest BCUT2D eigenvalue weighted by Crippen LogP contribution is -2.12. The lowest BCUT2D eigenvalue weighted by Gasteiger charge is -2.15. The minimum absolute atomic E-state index is 0.0510. The second-order valence-corrected chi connectivity index (χ2v) is 4.27. The predicted octanol–water partition coefficient (Wildman–Crippen LogP) is 2.79. The van der Waals surface area contributed by atoms with E-state index in [2.05, 4.69) is 37.8 Å². The van der Waals surface area contributed by atoms with Gasteiger partial charge in [0.1, 0.15) is 12.2 Å². The largest absolute Gasteiger partial charge is 0.246 e. The summed E-state index contributed by atoms with van der Waals surface area (Å²) >= 11 is 6.21. The summed E-state index contributed by atoms with van der Waals surface area (Å²) in [6, 6.07) is 0.317. The number of halogens is 1. The molecule has 0 aromatic carbocycles. The van der Waals surface area contributed by atoms with Crippen molar-refractivity contribution < 1.29 is 0 Å². The van der Waals surface area contributed by atoms with Crippen molar-refractivity contribution in [1.29, 1.82) is 0 Å². The Morgan fingerprint density at radius 3 is 2.38 bits per heavy atom. The lowest BCUT2D eigenvalue weighted by molar-refractivity contribution is 0.475. The molecule has 1 aromatic heterocycles. The van der Waals surface area contributed by atoms with Crippen LogP contribution in [-0.4, -0.2) is 14.8 Å². The van der Waals surface area contributed by atoms with Crippen LogP contribution in [0.2, 0.25) is 0 Å². The van der Waals surface area contributed by atoms with E-state index >= 15 is 0 Å². The van der Waals surface area contributed by atoms with Gasteiger partial charge >= 0.3 is 0 Å². The summed E-state index contributed by atoms with van der Waals surface area (Å²) in [6.07, 6.45) is 1.56. The summed E-state index contributed by atoms with van der Waals surface area (Å²) in [4.78, 5) is 4.18. The number of aromatic nitrogens is 3. The predicted molar refractivity (Wildman–Crippen MR) is 53.8 cm³/mol. The molecule has 1 rings (SSSR count). The van der Waals surface area contributed by atoms with Gasteiger partial charge in [0, 0.05) is 6.04 Å². The molecule has 13 heavy (non-hydrogen) atoms. The van der Waals surface area contributed by atoms with Crippen molar-refractivity contribution in [3.63, 3.8) is 0 Å². The van der Waals surface area contributed by atoms with Gasteiger partial charge in [0.2, 0.25) is 0 Å². The molecule has 1 unspecified atom stereocenters. The monoisotopic (exact) mass is 201 g/mol. The molecule has 0 radical (unpaired) electrons. The van der Waals surface area contributed by atoms with Crippen molar-refractivity contribution >= 4 is 11.6 Å². The molecule has 0 bridgehead atoms. The normalized spacial score (nSPS) is 14.1. The van der Waals surface area contributed by atoms with Gasteiger partial charge in [-0.15, -0.1) is 11.6 Å². The molecule has 0 aliphatic heterocycles. The van der Waals surface area contributed by atoms with Crippen LogP contribution in [0.5, 0.6) is 0 Å². The number of rotatable bonds is 3. The third-order valence-corrected chi connectivity index (χ3v) is 2.62. The fraction of sp³-hybridized carbons (Fsp3) is 0.778. The highest BCUT2D eigenvalue weighted by Crippen LogP contribution is 2.27. The minimum atomic E-state index is -0.0510. The van der Waals surface area contributed by atoms with E-state index in [1.807, 2.05) is 4.68 Å². The molecule has 1 atom stereocenters. The van der Waals surface area contributed by atoms with Crippen LogP contribution < -0.4 is 0 Å². The summed E-state index contributed by atoms with van der Waals surface area (Å²) in [5, 5.41) is 4.09. The Morgan fingerprint density at radius 2 is 1.92 bits per heavy atom. The Hall–Kier alpha value is -0.570. The zero-order chi connectivity index (χ0) is 10.0. The van der Waals surface area contributed by atoms with E-state index in [1.165, 1.54) is 0 Å². The quantitative estimate of drug-likeness (QED) is 0.705. The highest BCUT2D eigenvalue weighted by molar-refractivity contribution is 6.20. The topological polar surface area (TPSA) is 30.7 Å². The van der Waals surface area contributed by atoms with Crippen LogP contribution in [0.15, 0.2) is 6.33 Å². The van der Waals surface area contributed by atoms with Crippen molar-refractivity contribution in [3.8, 4) is 0 Å². The molecule has 74 valence electrons. The molecule has 4 heteroatoms. The molecule has 0 aliphatic rings. The van der Waals surface area contributed by atoms with E-state index in [0.29, 0.717) is 12.0 Å². The van der Waals surface area contributed by atoms with Crippen molar-refractivity contribution in [3.05, 3.63) is 12.2 Å². The van der Waals surface area contributed by atoms with Crippen molar-refractivity contribution in [1.82, 2.24) is 14.8 Å². The average molecular weight is 202 g/mol. The van der Waals surface area contributed by atoms with Crippen LogP contribution in [0.3, 0.4) is 0 Å². The van der Waals surface area contributed by atoms with Crippen LogP contribution in [0.1, 0.15) is 44.9 Å². The summed E-state index contributed by atoms with van der Waals surface area (Å²) in [5.41, 5.74) is 0. The fourth-order valence-corrected chi connectivity index (χ4v) is 1.31. The fourth-order valence-electron chi connectivity index (χ4n) is 1.15. The molecule has 0 saturated carbocycles. The first kappa shape index (κ1) is 10.5. The summed E-state index contributed by atoms with van der Waals surface area (Å²) < 4.78 is 1.87. The second-order valence-electron chi connectivity index (χ2n) is 3.80. The van der Waals surface area contributed by atoms with Gasteiger partial charge in [-0.3, -0.25) is 0 Å². The molecular weight excluding hydrogens is 186 g/mol. The van der Waals surface area contributed by atoms with Gasteiger partial charge in [-0.05, 0) is 19.8 Å². The second kappa shape index (κ2) is 4.09. The van der Waals surface area contributed by atoms with Gasteiger partial charge in [0.15, 0.2) is 0 Å². The van der Waals surface area contributed by atoms with Gasteiger partial charge in [-0.1, -0.05) is 13.8 Å². The third kappa shape index (κ3) is 2.21. The van der Waals surface area contributed by atoms with Crippen LogP contribution in [0.4, 0.5) is 0 Å². The molecular formula is C9H16ClN3. The van der Waals surface area contributed by atoms with E-state index in [-0.39, 0.29) is 5.38 Å². The zero-order valence-electron chi connectivity index (χ0n) is 8.53. The lowest BCUT2D eigenvalue weighted by atomic mass is 10.1. The molecule has 3 nitrogen and oxygen atoms in total. The molecule has 0 aliphatic carbocycles. The highest BCUT2D eigenvalue weighted by atomic mass is 35.5. The van der Waals surface area contributed by atoms with Gasteiger partial charge in [-0.25, -0.2) is 9.67 Å². The maximum absolute atomic E-state index is 6.21. The van der Waals surface area contributed by atoms with E-state index in [1.54, 1.807) is 6.33 Å². The van der Waals surface area contributed by atoms with Crippen molar-refractivity contribution in [2.45, 2.75) is 39.1 Å². The number of hydrogen-bond donors (Lipinski definition) is 0. The minimum Gasteiger partial charge on any atom is -0.246 e. The SMILES string of the molecule is CC(C)C(Cl)c1ncnn1C(C)C. The van der Waals surface area contributed by atoms with Crippen LogP contribution in [0, 0.1) is 5.92 Å². The Balaban J connectivity index is 2.93. The zero-order valence-corrected chi connectivity index (χ0v) is 9.28. The van der Waals surface area contributed by atoms with Crippen molar-refractivity contribution in [2.75, 3.05) is 0 Å². The van der Waals surface area contributed by atoms with Crippen LogP contribution in [-0.2, 0) is 0 Å². The van der Waals surface area contributed by atoms with E-state index in [9.17, 15) is 0 Å². The molecule has 0 N–H and O–H groups in total. The van der Waals surface area contributed by atoms with Gasteiger partial charge in [0.05, 0.1) is 5.38 Å². The first-order chi connectivity index (χ1) is 6.04. The maximum atomic E-state index is 6.21. The van der Waals surface area contributed by atoms with Gasteiger partial charge in [0.25, 0.3) is 0 Å². The van der Waals surface area contributed by atoms with E-state index < -0.39 is 0 Å². The van der Waals surface area contributed by atoms with Crippen LogP contribution in [0.25, 0.3) is 0 Å². The third-order valence-electron chi connectivity index (χ3n) is 1.92. The molecule has 1 aromatic rings. The standard InChI is InChI=1S/C9H16ClN3/c1-6(2)8(10)9-11-5-12-13(9)7(3)4/h5-8H,1-4H3. The number of nitrogens with zero attached hydrogens (tertiary/aromatic N) is 3. The molecule has 0 amide bonds. The summed E-state index contributed by atoms with van der Waals surface area (Å²) in [7, 11) is 0. The Labute approximate surface area is 84.1 Å². The van der Waals surface area contributed by atoms with Crippen LogP contribution >= 0.6 is 11.6 Å². The maximum Gasteiger partial charge on any atom is 0.145 e. The molecule has 0 fully saturated rings. The van der Waals surface area contributed by atoms with Crippen molar-refractivity contribution in [2.24, 2.45) is 5.92 Å². The molecule has 0 saturated heterocycles. The highest BCUT2D eigenvalue weighted by Gasteiger charge is 2.19. The Morgan fingerprint density at radius 1 is 1.31 bits per heavy atom. The van der Waals surface area contributed by atoms with E-state index in [0.717, 1.165) is 5.82 Å². The Bertz CT molecular complexity index is 268. The molecule has 1 heterocycles. The smallest absolute Gasteiger partial charge is 0.145 e. The Kier molecular flexibility index (Phi) is 3.31. The van der Waals surface area contributed by atoms with Gasteiger partial charge < -0.3 is 0 Å².